The quantitative estimate of drug-likeness (QED) is 0.285. The van der Waals surface area contributed by atoms with Crippen molar-refractivity contribution in [1.29, 1.82) is 5.26 Å². The second kappa shape index (κ2) is 10.1. The van der Waals surface area contributed by atoms with Crippen molar-refractivity contribution >= 4 is 23.0 Å². The first-order valence-corrected chi connectivity index (χ1v) is 13.8. The van der Waals surface area contributed by atoms with E-state index < -0.39 is 5.91 Å². The molecule has 0 spiro atoms. The normalized spacial score (nSPS) is 37.4. The highest BCUT2D eigenvalue weighted by molar-refractivity contribution is 6.45. The van der Waals surface area contributed by atoms with Gasteiger partial charge in [0.25, 0.3) is 0 Å². The molecular formula is C30H39N5O2. The van der Waals surface area contributed by atoms with Crippen LogP contribution in [0.25, 0.3) is 0 Å². The summed E-state index contributed by atoms with van der Waals surface area (Å²) in [5.41, 5.74) is 8.62. The fraction of sp³-hybridized carbons (Fsp3) is 0.600. The number of nitrogens with zero attached hydrogens (tertiary/aromatic N) is 3. The third kappa shape index (κ3) is 4.61. The van der Waals surface area contributed by atoms with Gasteiger partial charge >= 0.3 is 5.91 Å². The van der Waals surface area contributed by atoms with Gasteiger partial charge in [0.1, 0.15) is 6.07 Å². The van der Waals surface area contributed by atoms with Crippen LogP contribution < -0.4 is 10.9 Å². The maximum Gasteiger partial charge on any atom is 0.302 e. The lowest BCUT2D eigenvalue weighted by atomic mass is 9.47. The summed E-state index contributed by atoms with van der Waals surface area (Å²) in [6.07, 6.45) is 10.9. The van der Waals surface area contributed by atoms with Crippen LogP contribution in [-0.4, -0.2) is 28.5 Å². The van der Waals surface area contributed by atoms with Crippen molar-refractivity contribution in [1.82, 2.24) is 5.43 Å². The number of aliphatic hydroxyl groups is 1. The van der Waals surface area contributed by atoms with Gasteiger partial charge in [-0.25, -0.2) is 5.43 Å². The topological polar surface area (TPSA) is 110 Å². The molecule has 0 heterocycles. The first-order valence-electron chi connectivity index (χ1n) is 13.8. The molecule has 7 heteroatoms. The van der Waals surface area contributed by atoms with Crippen molar-refractivity contribution in [3.8, 4) is 6.07 Å². The number of nitrogens with one attached hydrogen (secondary N) is 2. The molecule has 0 unspecified atom stereocenters. The highest BCUT2D eigenvalue weighted by atomic mass is 16.3. The summed E-state index contributed by atoms with van der Waals surface area (Å²) in [7, 11) is 0. The highest BCUT2D eigenvalue weighted by Crippen LogP contribution is 2.66. The Hall–Kier alpha value is -2.98. The first kappa shape index (κ1) is 25.7. The van der Waals surface area contributed by atoms with Gasteiger partial charge in [-0.1, -0.05) is 43.7 Å². The SMILES string of the molecule is C/C(=N\NC(=O)/C(C#N)=N/Nc1ccccc1)[C@H]1CC[C@H]2[C@@H]3CC=C4C[C@@H](O)CC[C@]4(C)[C@H]3CC[C@]12C. The van der Waals surface area contributed by atoms with E-state index in [1.807, 2.05) is 43.3 Å². The lowest BCUT2D eigenvalue weighted by molar-refractivity contribution is -0.114. The summed E-state index contributed by atoms with van der Waals surface area (Å²) in [6, 6.07) is 11.1. The molecule has 1 amide bonds. The molecule has 0 saturated heterocycles. The van der Waals surface area contributed by atoms with Gasteiger partial charge in [-0.05, 0) is 99.0 Å². The molecule has 5 rings (SSSR count). The van der Waals surface area contributed by atoms with Gasteiger partial charge in [-0.2, -0.15) is 15.5 Å². The molecule has 7 nitrogen and oxygen atoms in total. The van der Waals surface area contributed by atoms with Crippen LogP contribution in [0.4, 0.5) is 5.69 Å². The smallest absolute Gasteiger partial charge is 0.302 e. The molecule has 1 aromatic carbocycles. The standard InChI is InChI=1S/C30H39N5O2/c1-19(32-35-28(37)27(18-31)34-33-21-7-5-4-6-8-21)24-11-12-25-23-10-9-20-17-22(36)13-15-29(20,2)26(23)14-16-30(24,25)3/h4-9,22-26,33,36H,10-17H2,1-3H3,(H,35,37)/b32-19+,34-27+/t22-,23-,24+,25-,26-,29-,30+/m0/s1. The molecule has 1 aromatic rings. The number of rotatable bonds is 5. The second-order valence-electron chi connectivity index (χ2n) is 12.1. The van der Waals surface area contributed by atoms with E-state index in [4.69, 9.17) is 0 Å². The van der Waals surface area contributed by atoms with Crippen LogP contribution in [0.5, 0.6) is 0 Å². The highest BCUT2D eigenvalue weighted by Gasteiger charge is 2.59. The molecule has 3 N–H and O–H groups in total. The van der Waals surface area contributed by atoms with E-state index in [9.17, 15) is 15.2 Å². The Morgan fingerprint density at radius 3 is 2.62 bits per heavy atom. The van der Waals surface area contributed by atoms with Crippen molar-refractivity contribution in [2.45, 2.75) is 78.2 Å². The Morgan fingerprint density at radius 2 is 1.86 bits per heavy atom. The van der Waals surface area contributed by atoms with Crippen molar-refractivity contribution < 1.29 is 9.90 Å². The van der Waals surface area contributed by atoms with E-state index in [0.29, 0.717) is 29.4 Å². The molecule has 0 bridgehead atoms. The maximum atomic E-state index is 12.6. The number of nitriles is 1. The van der Waals surface area contributed by atoms with Gasteiger partial charge in [-0.3, -0.25) is 10.2 Å². The number of benzene rings is 1. The Kier molecular flexibility index (Phi) is 6.97. The van der Waals surface area contributed by atoms with Crippen molar-refractivity contribution in [2.24, 2.45) is 44.7 Å². The average Bonchev–Trinajstić information content (AvgIpc) is 3.26. The van der Waals surface area contributed by atoms with E-state index in [-0.39, 0.29) is 22.6 Å². The van der Waals surface area contributed by atoms with Gasteiger partial charge in [0.05, 0.1) is 11.8 Å². The first-order chi connectivity index (χ1) is 17.8. The van der Waals surface area contributed by atoms with Crippen molar-refractivity contribution in [3.63, 3.8) is 0 Å². The van der Waals surface area contributed by atoms with Crippen molar-refractivity contribution in [3.05, 3.63) is 42.0 Å². The number of amides is 1. The fourth-order valence-corrected chi connectivity index (χ4v) is 8.36. The lowest BCUT2D eigenvalue weighted by Gasteiger charge is -2.58. The van der Waals surface area contributed by atoms with E-state index in [0.717, 1.165) is 37.8 Å². The number of carbonyl (C=O) groups is 1. The fourth-order valence-electron chi connectivity index (χ4n) is 8.36. The summed E-state index contributed by atoms with van der Waals surface area (Å²) in [5.74, 6) is 1.72. The Morgan fingerprint density at radius 1 is 1.08 bits per heavy atom. The van der Waals surface area contributed by atoms with Gasteiger partial charge < -0.3 is 5.11 Å². The number of fused-ring (bicyclic) bond motifs is 5. The Balaban J connectivity index is 1.27. The van der Waals surface area contributed by atoms with Crippen LogP contribution >= 0.6 is 0 Å². The largest absolute Gasteiger partial charge is 0.393 e. The van der Waals surface area contributed by atoms with Gasteiger partial charge in [-0.15, -0.1) is 0 Å². The summed E-state index contributed by atoms with van der Waals surface area (Å²) in [4.78, 5) is 12.6. The minimum atomic E-state index is -0.606. The molecule has 3 saturated carbocycles. The molecule has 0 aromatic heterocycles. The number of anilines is 1. The third-order valence-electron chi connectivity index (χ3n) is 10.3. The third-order valence-corrected chi connectivity index (χ3v) is 10.3. The van der Waals surface area contributed by atoms with E-state index in [1.165, 1.54) is 24.8 Å². The summed E-state index contributed by atoms with van der Waals surface area (Å²) < 4.78 is 0. The Labute approximate surface area is 220 Å². The van der Waals surface area contributed by atoms with E-state index >= 15 is 0 Å². The van der Waals surface area contributed by atoms with Crippen LogP contribution in [0.2, 0.25) is 0 Å². The number of hydrazone groups is 2. The molecule has 196 valence electrons. The van der Waals surface area contributed by atoms with E-state index in [1.54, 1.807) is 0 Å². The Bertz CT molecular complexity index is 1170. The van der Waals surface area contributed by atoms with Crippen LogP contribution in [0.15, 0.2) is 52.2 Å². The minimum Gasteiger partial charge on any atom is -0.393 e. The van der Waals surface area contributed by atoms with Gasteiger partial charge in [0, 0.05) is 11.6 Å². The molecule has 4 aliphatic rings. The zero-order valence-corrected chi connectivity index (χ0v) is 22.2. The van der Waals surface area contributed by atoms with Gasteiger partial charge in [0.2, 0.25) is 5.71 Å². The number of hydrogen-bond donors (Lipinski definition) is 3. The van der Waals surface area contributed by atoms with E-state index in [2.05, 4.69) is 41.0 Å². The lowest BCUT2D eigenvalue weighted by Crippen LogP contribution is -2.51. The van der Waals surface area contributed by atoms with Crippen LogP contribution in [0.3, 0.4) is 0 Å². The molecule has 7 atom stereocenters. The van der Waals surface area contributed by atoms with Crippen LogP contribution in [-0.2, 0) is 4.79 Å². The summed E-state index contributed by atoms with van der Waals surface area (Å²) in [5, 5.41) is 28.1. The number of carbonyl (C=O) groups excluding carboxylic acids is 1. The molecular weight excluding hydrogens is 462 g/mol. The number of aliphatic hydroxyl groups excluding tert-OH is 1. The van der Waals surface area contributed by atoms with Crippen molar-refractivity contribution in [2.75, 3.05) is 5.43 Å². The second-order valence-corrected chi connectivity index (χ2v) is 12.1. The van der Waals surface area contributed by atoms with Crippen LogP contribution in [0.1, 0.15) is 72.1 Å². The molecule has 3 fully saturated rings. The molecule has 0 radical (unpaired) electrons. The molecule has 37 heavy (non-hydrogen) atoms. The predicted molar refractivity (Wildman–Crippen MR) is 146 cm³/mol. The zero-order valence-electron chi connectivity index (χ0n) is 22.2. The number of hydrogen-bond acceptors (Lipinski definition) is 6. The molecule has 4 aliphatic carbocycles. The number of para-hydroxylation sites is 1. The summed E-state index contributed by atoms with van der Waals surface area (Å²) in [6.45, 7) is 6.91. The molecule has 0 aliphatic heterocycles. The zero-order chi connectivity index (χ0) is 26.2. The average molecular weight is 502 g/mol. The van der Waals surface area contributed by atoms with Gasteiger partial charge in [0.15, 0.2) is 0 Å². The monoisotopic (exact) mass is 501 g/mol. The maximum absolute atomic E-state index is 12.6. The minimum absolute atomic E-state index is 0.163. The number of allylic oxidation sites excluding steroid dienone is 1. The summed E-state index contributed by atoms with van der Waals surface area (Å²) >= 11 is 0. The predicted octanol–water partition coefficient (Wildman–Crippen LogP) is 5.41. The van der Waals surface area contributed by atoms with Crippen LogP contribution in [0, 0.1) is 45.8 Å².